The van der Waals surface area contributed by atoms with E-state index in [1.54, 1.807) is 34.3 Å². The highest BCUT2D eigenvalue weighted by molar-refractivity contribution is 7.20. The molecule has 5 rings (SSSR count). The van der Waals surface area contributed by atoms with E-state index in [0.717, 1.165) is 26.6 Å². The number of aromatic nitrogens is 3. The summed E-state index contributed by atoms with van der Waals surface area (Å²) in [7, 11) is 0. The molecule has 1 atom stereocenters. The number of benzene rings is 2. The van der Waals surface area contributed by atoms with Crippen molar-refractivity contribution in [3.63, 3.8) is 0 Å². The largest absolute Gasteiger partial charge is 0.508 e. The molecule has 6 heteroatoms. The lowest BCUT2D eigenvalue weighted by molar-refractivity contribution is 0.0963. The summed E-state index contributed by atoms with van der Waals surface area (Å²) in [6.45, 7) is 0. The molecule has 0 saturated carbocycles. The normalized spacial score (nSPS) is 16.8. The van der Waals surface area contributed by atoms with Crippen molar-refractivity contribution in [1.82, 2.24) is 14.8 Å². The second kappa shape index (κ2) is 5.78. The molecule has 0 fully saturated rings. The molecule has 0 unspecified atom stereocenters. The molecule has 128 valence electrons. The average molecular weight is 361 g/mol. The highest BCUT2D eigenvalue weighted by atomic mass is 32.1. The van der Waals surface area contributed by atoms with Crippen LogP contribution in [-0.2, 0) is 6.42 Å². The molecule has 0 amide bonds. The van der Waals surface area contributed by atoms with Gasteiger partial charge in [0.2, 0.25) is 5.13 Å². The van der Waals surface area contributed by atoms with Crippen LogP contribution in [0.15, 0.2) is 54.7 Å². The Labute approximate surface area is 153 Å². The molecule has 1 N–H and O–H groups in total. The predicted octanol–water partition coefficient (Wildman–Crippen LogP) is 4.10. The quantitative estimate of drug-likeness (QED) is 0.584. The summed E-state index contributed by atoms with van der Waals surface area (Å²) in [5.74, 6) is 0.243. The fraction of sp³-hybridized carbons (Fsp3) is 0.150. The van der Waals surface area contributed by atoms with Gasteiger partial charge in [-0.2, -0.15) is 5.10 Å². The van der Waals surface area contributed by atoms with E-state index in [4.69, 9.17) is 0 Å². The number of rotatable bonds is 2. The van der Waals surface area contributed by atoms with E-state index < -0.39 is 0 Å². The Kier molecular flexibility index (Phi) is 3.39. The summed E-state index contributed by atoms with van der Waals surface area (Å²) >= 11 is 1.56. The third kappa shape index (κ3) is 2.34. The Bertz CT molecular complexity index is 1110. The minimum Gasteiger partial charge on any atom is -0.508 e. The Morgan fingerprint density at radius 2 is 1.88 bits per heavy atom. The van der Waals surface area contributed by atoms with Crippen molar-refractivity contribution < 1.29 is 9.90 Å². The van der Waals surface area contributed by atoms with Crippen molar-refractivity contribution >= 4 is 27.3 Å². The molecule has 0 bridgehead atoms. The van der Waals surface area contributed by atoms with Crippen molar-refractivity contribution in [3.05, 3.63) is 71.5 Å². The van der Waals surface area contributed by atoms with E-state index in [1.165, 1.54) is 0 Å². The molecule has 0 radical (unpaired) electrons. The summed E-state index contributed by atoms with van der Waals surface area (Å²) in [6.07, 6.45) is 2.68. The number of hydrogen-bond donors (Lipinski definition) is 1. The van der Waals surface area contributed by atoms with Crippen LogP contribution in [0.2, 0.25) is 0 Å². The van der Waals surface area contributed by atoms with Gasteiger partial charge in [0, 0.05) is 12.3 Å². The van der Waals surface area contributed by atoms with E-state index in [2.05, 4.69) is 10.1 Å². The van der Waals surface area contributed by atoms with Crippen molar-refractivity contribution in [2.45, 2.75) is 18.8 Å². The molecule has 26 heavy (non-hydrogen) atoms. The fourth-order valence-corrected chi connectivity index (χ4v) is 4.56. The van der Waals surface area contributed by atoms with Gasteiger partial charge in [-0.1, -0.05) is 41.7 Å². The Balaban J connectivity index is 1.60. The summed E-state index contributed by atoms with van der Waals surface area (Å²) in [4.78, 5) is 17.3. The van der Waals surface area contributed by atoms with Gasteiger partial charge in [-0.25, -0.2) is 9.67 Å². The number of Topliss-reactive ketones (excluding diaryl/α,β-unsaturated/α-hetero) is 1. The lowest BCUT2D eigenvalue weighted by Crippen LogP contribution is -2.20. The van der Waals surface area contributed by atoms with Gasteiger partial charge in [-0.15, -0.1) is 0 Å². The third-order valence-electron chi connectivity index (χ3n) is 4.88. The minimum absolute atomic E-state index is 0.0546. The number of ketones is 1. The van der Waals surface area contributed by atoms with Gasteiger partial charge in [0.1, 0.15) is 5.75 Å². The molecule has 0 spiro atoms. The van der Waals surface area contributed by atoms with Crippen molar-refractivity contribution in [2.24, 2.45) is 0 Å². The monoisotopic (exact) mass is 361 g/mol. The van der Waals surface area contributed by atoms with Gasteiger partial charge < -0.3 is 5.11 Å². The van der Waals surface area contributed by atoms with Crippen molar-refractivity contribution in [1.29, 1.82) is 0 Å². The number of nitrogens with zero attached hydrogens (tertiary/aromatic N) is 3. The zero-order chi connectivity index (χ0) is 17.7. The number of phenolic OH excluding ortho intramolecular Hbond substituents is 1. The van der Waals surface area contributed by atoms with Crippen molar-refractivity contribution in [2.75, 3.05) is 0 Å². The highest BCUT2D eigenvalue weighted by Gasteiger charge is 2.31. The molecule has 4 aromatic rings. The van der Waals surface area contributed by atoms with Crippen LogP contribution >= 0.6 is 11.3 Å². The lowest BCUT2D eigenvalue weighted by Gasteiger charge is -2.23. The molecule has 5 nitrogen and oxygen atoms in total. The molecule has 0 aliphatic heterocycles. The number of fused-ring (bicyclic) bond motifs is 2. The molecule has 1 aliphatic carbocycles. The fourth-order valence-electron chi connectivity index (χ4n) is 3.61. The molecular formula is C20H15N3O2S. The van der Waals surface area contributed by atoms with E-state index in [1.807, 2.05) is 36.4 Å². The van der Waals surface area contributed by atoms with Crippen LogP contribution in [0.25, 0.3) is 15.3 Å². The maximum absolute atomic E-state index is 12.6. The van der Waals surface area contributed by atoms with E-state index >= 15 is 0 Å². The average Bonchev–Trinajstić information content (AvgIpc) is 3.25. The minimum atomic E-state index is -0.0546. The molecule has 1 aliphatic rings. The van der Waals surface area contributed by atoms with E-state index in [9.17, 15) is 9.90 Å². The van der Waals surface area contributed by atoms with Crippen molar-refractivity contribution in [3.8, 4) is 10.9 Å². The summed E-state index contributed by atoms with van der Waals surface area (Å²) in [6, 6.07) is 15.2. The van der Waals surface area contributed by atoms with Gasteiger partial charge in [-0.05, 0) is 30.2 Å². The van der Waals surface area contributed by atoms with Crippen LogP contribution in [0.5, 0.6) is 5.75 Å². The smallest absolute Gasteiger partial charge is 0.211 e. The van der Waals surface area contributed by atoms with Crippen LogP contribution in [-0.4, -0.2) is 25.7 Å². The standard InChI is InChI=1S/C20H15N3O2S/c24-17-7-3-1-5-13(17)12-9-16-14(18(25)10-12)11-21-23(16)20-22-15-6-2-4-8-19(15)26-20/h1-8,11-12,24H,9-10H2/t12-/m0/s1. The van der Waals surface area contributed by atoms with Gasteiger partial charge in [-0.3, -0.25) is 4.79 Å². The second-order valence-electron chi connectivity index (χ2n) is 6.47. The summed E-state index contributed by atoms with van der Waals surface area (Å²) in [5, 5.41) is 15.4. The maximum Gasteiger partial charge on any atom is 0.211 e. The van der Waals surface area contributed by atoms with Crippen LogP contribution in [0, 0.1) is 0 Å². The maximum atomic E-state index is 12.6. The molecule has 0 saturated heterocycles. The molecule has 2 heterocycles. The van der Waals surface area contributed by atoms with E-state index in [-0.39, 0.29) is 17.5 Å². The Hall–Kier alpha value is -2.99. The number of para-hydroxylation sites is 2. The number of hydrogen-bond acceptors (Lipinski definition) is 5. The zero-order valence-corrected chi connectivity index (χ0v) is 14.6. The highest BCUT2D eigenvalue weighted by Crippen LogP contribution is 2.37. The molecule has 2 aromatic carbocycles. The summed E-state index contributed by atoms with van der Waals surface area (Å²) < 4.78 is 2.87. The SMILES string of the molecule is O=C1C[C@@H](c2ccccc2O)Cc2c1cnn2-c1nc2ccccc2s1. The first-order valence-corrected chi connectivity index (χ1v) is 9.26. The number of phenols is 1. The zero-order valence-electron chi connectivity index (χ0n) is 13.8. The first kappa shape index (κ1) is 15.3. The number of thiazole rings is 1. The molecular weight excluding hydrogens is 346 g/mol. The van der Waals surface area contributed by atoms with Crippen LogP contribution in [0.1, 0.15) is 34.0 Å². The third-order valence-corrected chi connectivity index (χ3v) is 5.89. The predicted molar refractivity (Wildman–Crippen MR) is 100 cm³/mol. The molecule has 2 aromatic heterocycles. The van der Waals surface area contributed by atoms with Crippen LogP contribution in [0.3, 0.4) is 0 Å². The Morgan fingerprint density at radius 3 is 2.73 bits per heavy atom. The first-order chi connectivity index (χ1) is 12.7. The van der Waals surface area contributed by atoms with Gasteiger partial charge >= 0.3 is 0 Å². The van der Waals surface area contributed by atoms with Gasteiger partial charge in [0.05, 0.1) is 27.7 Å². The van der Waals surface area contributed by atoms with Gasteiger partial charge in [0.15, 0.2) is 5.78 Å². The number of aromatic hydroxyl groups is 1. The second-order valence-corrected chi connectivity index (χ2v) is 7.48. The van der Waals surface area contributed by atoms with Crippen LogP contribution < -0.4 is 0 Å². The van der Waals surface area contributed by atoms with E-state index in [0.29, 0.717) is 18.4 Å². The van der Waals surface area contributed by atoms with Crippen LogP contribution in [0.4, 0.5) is 0 Å². The summed E-state index contributed by atoms with van der Waals surface area (Å²) in [5.41, 5.74) is 3.27. The number of carbonyl (C=O) groups is 1. The van der Waals surface area contributed by atoms with Gasteiger partial charge in [0.25, 0.3) is 0 Å². The lowest BCUT2D eigenvalue weighted by atomic mass is 9.82. The number of carbonyl (C=O) groups excluding carboxylic acids is 1. The first-order valence-electron chi connectivity index (χ1n) is 8.44. The Morgan fingerprint density at radius 1 is 1.08 bits per heavy atom. The topological polar surface area (TPSA) is 68.0 Å².